The first-order valence-corrected chi connectivity index (χ1v) is 12.3. The van der Waals surface area contributed by atoms with Crippen LogP contribution >= 0.6 is 11.3 Å². The maximum Gasteiger partial charge on any atom is 0.238 e. The summed E-state index contributed by atoms with van der Waals surface area (Å²) in [6.07, 6.45) is 0.372. The molecule has 0 radical (unpaired) electrons. The van der Waals surface area contributed by atoms with E-state index in [0.29, 0.717) is 29.6 Å². The van der Waals surface area contributed by atoms with Crippen LogP contribution in [-0.4, -0.2) is 28.6 Å². The molecule has 7 nitrogen and oxygen atoms in total. The molecule has 0 spiro atoms. The number of rotatable bonds is 4. The third-order valence-corrected chi connectivity index (χ3v) is 7.40. The van der Waals surface area contributed by atoms with Gasteiger partial charge in [-0.3, -0.25) is 14.9 Å². The molecule has 1 fully saturated rings. The quantitative estimate of drug-likeness (QED) is 0.430. The minimum atomic E-state index is -0.520. The van der Waals surface area contributed by atoms with E-state index in [9.17, 15) is 9.59 Å². The largest absolute Gasteiger partial charge is 0.457 e. The molecule has 0 aliphatic carbocycles. The van der Waals surface area contributed by atoms with Gasteiger partial charge in [0.25, 0.3) is 0 Å². The third kappa shape index (κ3) is 3.95. The van der Waals surface area contributed by atoms with Crippen LogP contribution in [0.15, 0.2) is 72.8 Å². The molecule has 1 atom stereocenters. The minimum absolute atomic E-state index is 0.0595. The number of carbonyl (C=O) groups excluding carboxylic acids is 2. The fourth-order valence-corrected chi connectivity index (χ4v) is 5.58. The number of amides is 2. The molecule has 3 aromatic carbocycles. The zero-order chi connectivity index (χ0) is 23.9. The molecule has 1 unspecified atom stereocenters. The zero-order valence-corrected chi connectivity index (χ0v) is 19.8. The van der Waals surface area contributed by atoms with Gasteiger partial charge in [0.15, 0.2) is 0 Å². The summed E-state index contributed by atoms with van der Waals surface area (Å²) in [5.41, 5.74) is 3.62. The van der Waals surface area contributed by atoms with Crippen LogP contribution in [0.4, 0.5) is 10.8 Å². The molecule has 35 heavy (non-hydrogen) atoms. The molecule has 2 aliphatic heterocycles. The van der Waals surface area contributed by atoms with Gasteiger partial charge in [0.1, 0.15) is 16.5 Å². The van der Waals surface area contributed by atoms with Crippen molar-refractivity contribution < 1.29 is 14.3 Å². The first-order chi connectivity index (χ1) is 17.1. The van der Waals surface area contributed by atoms with Crippen molar-refractivity contribution in [1.82, 2.24) is 10.2 Å². The average Bonchev–Trinajstić information content (AvgIpc) is 3.48. The molecular weight excluding hydrogens is 460 g/mol. The lowest BCUT2D eigenvalue weighted by molar-refractivity contribution is -0.117. The van der Waals surface area contributed by atoms with Crippen molar-refractivity contribution in [3.8, 4) is 11.5 Å². The second-order valence-corrected chi connectivity index (χ2v) is 9.80. The van der Waals surface area contributed by atoms with E-state index < -0.39 is 5.92 Å². The van der Waals surface area contributed by atoms with Crippen molar-refractivity contribution in [2.24, 2.45) is 0 Å². The molecule has 6 rings (SSSR count). The SMILES string of the molecule is Cc1cccc(N2CC(c3nnc(NC(=O)C4c5ccccc5Oc5ccccc54)s3)CC2=O)c1. The molecule has 4 aromatic rings. The third-order valence-electron chi connectivity index (χ3n) is 6.40. The Hall–Kier alpha value is -4.04. The number of hydrogen-bond donors (Lipinski definition) is 1. The summed E-state index contributed by atoms with van der Waals surface area (Å²) in [5, 5.41) is 12.7. The molecule has 2 amide bonds. The second kappa shape index (κ2) is 8.63. The first kappa shape index (κ1) is 21.5. The van der Waals surface area contributed by atoms with Crippen LogP contribution in [-0.2, 0) is 9.59 Å². The van der Waals surface area contributed by atoms with E-state index >= 15 is 0 Å². The number of aryl methyl sites for hydroxylation is 1. The summed E-state index contributed by atoms with van der Waals surface area (Å²) in [6, 6.07) is 23.1. The molecule has 1 N–H and O–H groups in total. The summed E-state index contributed by atoms with van der Waals surface area (Å²) in [4.78, 5) is 27.9. The highest BCUT2D eigenvalue weighted by Crippen LogP contribution is 2.44. The number of ether oxygens (including phenoxy) is 1. The van der Waals surface area contributed by atoms with Gasteiger partial charge >= 0.3 is 0 Å². The van der Waals surface area contributed by atoms with Crippen LogP contribution in [0.3, 0.4) is 0 Å². The summed E-state index contributed by atoms with van der Waals surface area (Å²) in [5.74, 6) is 0.635. The molecule has 8 heteroatoms. The van der Waals surface area contributed by atoms with Gasteiger partial charge in [-0.15, -0.1) is 10.2 Å². The van der Waals surface area contributed by atoms with E-state index in [1.807, 2.05) is 79.7 Å². The number of fused-ring (bicyclic) bond motifs is 2. The van der Waals surface area contributed by atoms with Crippen molar-refractivity contribution in [2.75, 3.05) is 16.8 Å². The van der Waals surface area contributed by atoms with Crippen molar-refractivity contribution in [3.63, 3.8) is 0 Å². The highest BCUT2D eigenvalue weighted by Gasteiger charge is 2.35. The zero-order valence-electron chi connectivity index (χ0n) is 19.0. The summed E-state index contributed by atoms with van der Waals surface area (Å²) in [7, 11) is 0. The smallest absolute Gasteiger partial charge is 0.238 e. The molecule has 174 valence electrons. The topological polar surface area (TPSA) is 84.4 Å². The van der Waals surface area contributed by atoms with Crippen LogP contribution in [0, 0.1) is 6.92 Å². The van der Waals surface area contributed by atoms with E-state index in [2.05, 4.69) is 15.5 Å². The molecular formula is C27H22N4O3S. The van der Waals surface area contributed by atoms with Gasteiger partial charge in [-0.25, -0.2) is 0 Å². The molecule has 0 bridgehead atoms. The summed E-state index contributed by atoms with van der Waals surface area (Å²) in [6.45, 7) is 2.56. The van der Waals surface area contributed by atoms with E-state index in [-0.39, 0.29) is 17.7 Å². The standard InChI is InChI=1S/C27H22N4O3S/c1-16-7-6-8-18(13-16)31-15-17(14-23(31)32)26-29-30-27(35-26)28-25(33)24-19-9-2-4-11-21(19)34-22-12-5-3-10-20(22)24/h2-13,17,24H,14-15H2,1H3,(H,28,30,33). The van der Waals surface area contributed by atoms with Gasteiger partial charge in [0, 0.05) is 35.7 Å². The first-order valence-electron chi connectivity index (χ1n) is 11.4. The molecule has 2 aliphatic rings. The molecule has 1 saturated heterocycles. The Labute approximate surface area is 206 Å². The Morgan fingerprint density at radius 1 is 1.00 bits per heavy atom. The predicted octanol–water partition coefficient (Wildman–Crippen LogP) is 5.24. The van der Waals surface area contributed by atoms with Crippen molar-refractivity contribution in [2.45, 2.75) is 25.2 Å². The Morgan fingerprint density at radius 2 is 1.71 bits per heavy atom. The monoisotopic (exact) mass is 482 g/mol. The number of nitrogens with one attached hydrogen (secondary N) is 1. The molecule has 3 heterocycles. The van der Waals surface area contributed by atoms with Crippen LogP contribution < -0.4 is 15.0 Å². The summed E-state index contributed by atoms with van der Waals surface area (Å²) < 4.78 is 6.00. The van der Waals surface area contributed by atoms with Crippen LogP contribution in [0.25, 0.3) is 0 Å². The van der Waals surface area contributed by atoms with Crippen molar-refractivity contribution in [1.29, 1.82) is 0 Å². The number of carbonyl (C=O) groups is 2. The lowest BCUT2D eigenvalue weighted by Crippen LogP contribution is -2.25. The number of aromatic nitrogens is 2. The Morgan fingerprint density at radius 3 is 2.43 bits per heavy atom. The maximum absolute atomic E-state index is 13.5. The number of benzene rings is 3. The Balaban J connectivity index is 1.22. The van der Waals surface area contributed by atoms with E-state index in [1.54, 1.807) is 4.90 Å². The lowest BCUT2D eigenvalue weighted by atomic mass is 9.87. The Kier molecular flexibility index (Phi) is 5.30. The normalized spacial score (nSPS) is 17.0. The Bertz CT molecular complexity index is 1400. The fraction of sp³-hybridized carbons (Fsp3) is 0.185. The number of para-hydroxylation sites is 2. The van der Waals surface area contributed by atoms with Gasteiger partial charge in [-0.05, 0) is 36.8 Å². The fourth-order valence-electron chi connectivity index (χ4n) is 4.74. The van der Waals surface area contributed by atoms with Gasteiger partial charge < -0.3 is 9.64 Å². The van der Waals surface area contributed by atoms with Crippen LogP contribution in [0.1, 0.15) is 40.0 Å². The van der Waals surface area contributed by atoms with E-state index in [1.165, 1.54) is 11.3 Å². The highest BCUT2D eigenvalue weighted by molar-refractivity contribution is 7.15. The van der Waals surface area contributed by atoms with Gasteiger partial charge in [-0.2, -0.15) is 0 Å². The van der Waals surface area contributed by atoms with Gasteiger partial charge in [0.05, 0.1) is 5.92 Å². The van der Waals surface area contributed by atoms with Crippen LogP contribution in [0.2, 0.25) is 0 Å². The van der Waals surface area contributed by atoms with Gasteiger partial charge in [0.2, 0.25) is 16.9 Å². The summed E-state index contributed by atoms with van der Waals surface area (Å²) >= 11 is 1.32. The van der Waals surface area contributed by atoms with Crippen molar-refractivity contribution in [3.05, 3.63) is 94.5 Å². The lowest BCUT2D eigenvalue weighted by Gasteiger charge is -2.27. The highest BCUT2D eigenvalue weighted by atomic mass is 32.1. The average molecular weight is 483 g/mol. The van der Waals surface area contributed by atoms with E-state index in [0.717, 1.165) is 27.4 Å². The predicted molar refractivity (Wildman–Crippen MR) is 134 cm³/mol. The van der Waals surface area contributed by atoms with Gasteiger partial charge in [-0.1, -0.05) is 59.9 Å². The van der Waals surface area contributed by atoms with Crippen LogP contribution in [0.5, 0.6) is 11.5 Å². The number of nitrogens with zero attached hydrogens (tertiary/aromatic N) is 3. The van der Waals surface area contributed by atoms with Crippen molar-refractivity contribution >= 4 is 34.0 Å². The minimum Gasteiger partial charge on any atom is -0.457 e. The molecule has 1 aromatic heterocycles. The van der Waals surface area contributed by atoms with E-state index in [4.69, 9.17) is 4.74 Å². The number of anilines is 2. The molecule has 0 saturated carbocycles. The second-order valence-electron chi connectivity index (χ2n) is 8.79. The number of hydrogen-bond acceptors (Lipinski definition) is 6. The maximum atomic E-state index is 13.5.